The lowest BCUT2D eigenvalue weighted by Crippen LogP contribution is -2.04. The first-order chi connectivity index (χ1) is 22.8. The maximum absolute atomic E-state index is 5.21. The van der Waals surface area contributed by atoms with Crippen LogP contribution in [0.3, 0.4) is 0 Å². The normalized spacial score (nSPS) is 11.5. The molecule has 0 aliphatic carbocycles. The largest absolute Gasteiger partial charge is 0.309 e. The molecule has 0 N–H and O–H groups in total. The van der Waals surface area contributed by atoms with Gasteiger partial charge < -0.3 is 4.57 Å². The highest BCUT2D eigenvalue weighted by Crippen LogP contribution is 2.36. The van der Waals surface area contributed by atoms with Crippen LogP contribution in [0, 0.1) is 0 Å². The second kappa shape index (κ2) is 10.7. The summed E-state index contributed by atoms with van der Waals surface area (Å²) in [6.45, 7) is 0. The highest BCUT2D eigenvalue weighted by atomic mass is 15.1. The molecule has 0 aliphatic rings. The average molecular weight is 589 g/mol. The van der Waals surface area contributed by atoms with Gasteiger partial charge in [-0.3, -0.25) is 4.57 Å². The Kier molecular flexibility index (Phi) is 6.10. The highest BCUT2D eigenvalue weighted by molar-refractivity contribution is 6.09. The van der Waals surface area contributed by atoms with E-state index in [4.69, 9.17) is 9.97 Å². The van der Waals surface area contributed by atoms with Crippen molar-refractivity contribution in [3.8, 4) is 45.4 Å². The fourth-order valence-corrected chi connectivity index (χ4v) is 6.64. The highest BCUT2D eigenvalue weighted by Gasteiger charge is 2.18. The van der Waals surface area contributed by atoms with Gasteiger partial charge in [0.25, 0.3) is 0 Å². The van der Waals surface area contributed by atoms with Crippen molar-refractivity contribution in [2.75, 3.05) is 0 Å². The number of hydrogen-bond acceptors (Lipinski definition) is 2. The molecule has 216 valence electrons. The molecular weight excluding hydrogens is 560 g/mol. The second-order valence-electron chi connectivity index (χ2n) is 11.5. The molecular formula is C42H28N4. The molecule has 9 rings (SSSR count). The first-order valence-corrected chi connectivity index (χ1v) is 15.5. The third-order valence-electron chi connectivity index (χ3n) is 8.73. The SMILES string of the molecule is c1ccc(-c2cc(-n3c(-c4cccc(-n5c6ccccc6c6ccccc65)c4)cc4ccccc43)nc(-c3ccccc3)n2)cc1. The zero-order valence-electron chi connectivity index (χ0n) is 25.0. The topological polar surface area (TPSA) is 35.6 Å². The number of hydrogen-bond donors (Lipinski definition) is 0. The monoisotopic (exact) mass is 588 g/mol. The maximum atomic E-state index is 5.21. The van der Waals surface area contributed by atoms with Gasteiger partial charge in [0.05, 0.1) is 27.9 Å². The Labute approximate surface area is 266 Å². The molecule has 0 saturated heterocycles. The molecule has 0 radical (unpaired) electrons. The van der Waals surface area contributed by atoms with Gasteiger partial charge in [0.2, 0.25) is 0 Å². The van der Waals surface area contributed by atoms with Crippen molar-refractivity contribution in [1.29, 1.82) is 0 Å². The van der Waals surface area contributed by atoms with Gasteiger partial charge in [0, 0.05) is 44.6 Å². The van der Waals surface area contributed by atoms with Crippen LogP contribution in [0.25, 0.3) is 78.1 Å². The van der Waals surface area contributed by atoms with Crippen molar-refractivity contribution in [2.45, 2.75) is 0 Å². The van der Waals surface area contributed by atoms with Crippen LogP contribution in [-0.2, 0) is 0 Å². The van der Waals surface area contributed by atoms with Crippen molar-refractivity contribution < 1.29 is 0 Å². The van der Waals surface area contributed by atoms with E-state index in [1.54, 1.807) is 0 Å². The van der Waals surface area contributed by atoms with Gasteiger partial charge in [-0.1, -0.05) is 127 Å². The van der Waals surface area contributed by atoms with Crippen LogP contribution in [-0.4, -0.2) is 19.1 Å². The van der Waals surface area contributed by atoms with Crippen LogP contribution < -0.4 is 0 Å². The Bertz CT molecular complexity index is 2410. The van der Waals surface area contributed by atoms with Gasteiger partial charge in [-0.25, -0.2) is 9.97 Å². The molecule has 0 fully saturated rings. The van der Waals surface area contributed by atoms with Crippen LogP contribution >= 0.6 is 0 Å². The number of aromatic nitrogens is 4. The summed E-state index contributed by atoms with van der Waals surface area (Å²) in [7, 11) is 0. The number of para-hydroxylation sites is 3. The lowest BCUT2D eigenvalue weighted by molar-refractivity contribution is 1.02. The molecule has 4 heteroatoms. The summed E-state index contributed by atoms with van der Waals surface area (Å²) < 4.78 is 4.65. The van der Waals surface area contributed by atoms with Gasteiger partial charge >= 0.3 is 0 Å². The van der Waals surface area contributed by atoms with Crippen LogP contribution in [0.15, 0.2) is 170 Å². The summed E-state index contributed by atoms with van der Waals surface area (Å²) in [5, 5.41) is 3.65. The third-order valence-corrected chi connectivity index (χ3v) is 8.73. The van der Waals surface area contributed by atoms with Gasteiger partial charge in [0.15, 0.2) is 5.82 Å². The molecule has 3 aromatic heterocycles. The molecule has 9 aromatic rings. The molecule has 0 spiro atoms. The van der Waals surface area contributed by atoms with Crippen molar-refractivity contribution in [3.63, 3.8) is 0 Å². The van der Waals surface area contributed by atoms with Crippen LogP contribution in [0.2, 0.25) is 0 Å². The van der Waals surface area contributed by atoms with Crippen LogP contribution in [0.5, 0.6) is 0 Å². The van der Waals surface area contributed by atoms with Gasteiger partial charge in [-0.15, -0.1) is 0 Å². The first kappa shape index (κ1) is 26.2. The number of fused-ring (bicyclic) bond motifs is 4. The Balaban J connectivity index is 1.29. The Morgan fingerprint density at radius 1 is 0.391 bits per heavy atom. The minimum absolute atomic E-state index is 0.694. The smallest absolute Gasteiger partial charge is 0.162 e. The van der Waals surface area contributed by atoms with Crippen molar-refractivity contribution in [1.82, 2.24) is 19.1 Å². The standard InChI is InChI=1S/C42H28N4/c1-3-14-29(15-4-1)36-28-41(44-42(43-36)30-16-5-2-6-17-30)46-37-23-10-7-18-32(37)27-40(46)31-19-13-20-33(26-31)45-38-24-11-8-21-34(38)35-22-9-12-25-39(35)45/h1-28H. The van der Waals surface area contributed by atoms with Gasteiger partial charge in [-0.2, -0.15) is 0 Å². The van der Waals surface area contributed by atoms with E-state index >= 15 is 0 Å². The predicted octanol–water partition coefficient (Wildman–Crippen LogP) is 10.5. The lowest BCUT2D eigenvalue weighted by atomic mass is 10.1. The molecule has 4 nitrogen and oxygen atoms in total. The molecule has 0 bridgehead atoms. The number of rotatable bonds is 5. The van der Waals surface area contributed by atoms with E-state index < -0.39 is 0 Å². The molecule has 0 atom stereocenters. The predicted molar refractivity (Wildman–Crippen MR) is 190 cm³/mol. The maximum Gasteiger partial charge on any atom is 0.162 e. The molecule has 0 unspecified atom stereocenters. The molecule has 3 heterocycles. The molecule has 0 saturated carbocycles. The zero-order chi connectivity index (χ0) is 30.5. The summed E-state index contributed by atoms with van der Waals surface area (Å²) in [5.74, 6) is 1.52. The summed E-state index contributed by atoms with van der Waals surface area (Å²) in [4.78, 5) is 10.3. The van der Waals surface area contributed by atoms with E-state index in [2.05, 4.69) is 155 Å². The van der Waals surface area contributed by atoms with Crippen molar-refractivity contribution in [2.24, 2.45) is 0 Å². The Morgan fingerprint density at radius 2 is 0.978 bits per heavy atom. The summed E-state index contributed by atoms with van der Waals surface area (Å²) in [5.41, 5.74) is 9.68. The van der Waals surface area contributed by atoms with E-state index in [-0.39, 0.29) is 0 Å². The Hall–Kier alpha value is -6.26. The van der Waals surface area contributed by atoms with Gasteiger partial charge in [0.1, 0.15) is 5.82 Å². The Morgan fingerprint density at radius 3 is 1.70 bits per heavy atom. The second-order valence-corrected chi connectivity index (χ2v) is 11.5. The third kappa shape index (κ3) is 4.31. The lowest BCUT2D eigenvalue weighted by Gasteiger charge is -2.15. The van der Waals surface area contributed by atoms with Crippen molar-refractivity contribution in [3.05, 3.63) is 170 Å². The van der Waals surface area contributed by atoms with Crippen LogP contribution in [0.1, 0.15) is 0 Å². The van der Waals surface area contributed by atoms with E-state index in [0.29, 0.717) is 5.82 Å². The van der Waals surface area contributed by atoms with E-state index in [1.165, 1.54) is 21.8 Å². The quantitative estimate of drug-likeness (QED) is 0.200. The summed E-state index contributed by atoms with van der Waals surface area (Å²) in [6, 6.07) is 59.6. The minimum atomic E-state index is 0.694. The number of nitrogens with zero attached hydrogens (tertiary/aromatic N) is 4. The van der Waals surface area contributed by atoms with Crippen molar-refractivity contribution >= 4 is 32.7 Å². The van der Waals surface area contributed by atoms with E-state index in [0.717, 1.165) is 50.5 Å². The van der Waals surface area contributed by atoms with E-state index in [9.17, 15) is 0 Å². The molecule has 46 heavy (non-hydrogen) atoms. The van der Waals surface area contributed by atoms with E-state index in [1.807, 2.05) is 24.3 Å². The van der Waals surface area contributed by atoms with Gasteiger partial charge in [-0.05, 0) is 36.4 Å². The van der Waals surface area contributed by atoms with Crippen LogP contribution in [0.4, 0.5) is 0 Å². The summed E-state index contributed by atoms with van der Waals surface area (Å²) >= 11 is 0. The fraction of sp³-hybridized carbons (Fsp3) is 0. The number of benzene rings is 6. The molecule has 6 aromatic carbocycles. The first-order valence-electron chi connectivity index (χ1n) is 15.5. The molecule has 0 aliphatic heterocycles. The zero-order valence-corrected chi connectivity index (χ0v) is 25.0. The average Bonchev–Trinajstić information content (AvgIpc) is 3.69. The summed E-state index contributed by atoms with van der Waals surface area (Å²) in [6.07, 6.45) is 0. The fourth-order valence-electron chi connectivity index (χ4n) is 6.64. The molecule has 0 amide bonds. The minimum Gasteiger partial charge on any atom is -0.309 e.